The summed E-state index contributed by atoms with van der Waals surface area (Å²) in [4.78, 5) is 29.4. The topological polar surface area (TPSA) is 50.5 Å². The van der Waals surface area contributed by atoms with Crippen LogP contribution in [0, 0.1) is 20.8 Å². The summed E-state index contributed by atoms with van der Waals surface area (Å²) in [5, 5.41) is 0.530. The number of benzene rings is 3. The smallest absolute Gasteiger partial charge is 0.291 e. The van der Waals surface area contributed by atoms with Crippen molar-refractivity contribution in [3.8, 4) is 0 Å². The molecule has 1 atom stereocenters. The van der Waals surface area contributed by atoms with E-state index >= 15 is 0 Å². The fourth-order valence-corrected chi connectivity index (χ4v) is 5.04. The van der Waals surface area contributed by atoms with Gasteiger partial charge in [0.1, 0.15) is 5.58 Å². The number of hydrogen-bond donors (Lipinski definition) is 0. The Morgan fingerprint density at radius 3 is 2.14 bits per heavy atom. The lowest BCUT2D eigenvalue weighted by atomic mass is 9.85. The van der Waals surface area contributed by atoms with Crippen LogP contribution in [0.2, 0.25) is 0 Å². The normalized spacial score (nSPS) is 15.7. The molecule has 1 aliphatic heterocycles. The van der Waals surface area contributed by atoms with E-state index in [9.17, 15) is 9.59 Å². The maximum atomic E-state index is 13.9. The minimum atomic E-state index is -0.505. The summed E-state index contributed by atoms with van der Waals surface area (Å²) in [5.41, 5.74) is 6.94. The van der Waals surface area contributed by atoms with E-state index in [0.717, 1.165) is 27.8 Å². The van der Waals surface area contributed by atoms with Gasteiger partial charge in [0, 0.05) is 6.54 Å². The highest BCUT2D eigenvalue weighted by molar-refractivity contribution is 5.99. The summed E-state index contributed by atoms with van der Waals surface area (Å²) in [6, 6.07) is 19.8. The van der Waals surface area contributed by atoms with Crippen molar-refractivity contribution in [3.63, 3.8) is 0 Å². The number of rotatable bonds is 3. The number of aryl methyl sites for hydroxylation is 3. The van der Waals surface area contributed by atoms with Gasteiger partial charge in [0.2, 0.25) is 5.76 Å². The molecular formula is C31H31NO3. The minimum absolute atomic E-state index is 0.00774. The molecule has 0 aliphatic carbocycles. The number of hydrogen-bond acceptors (Lipinski definition) is 3. The van der Waals surface area contributed by atoms with Crippen LogP contribution in [0.4, 0.5) is 0 Å². The number of amides is 1. The third kappa shape index (κ3) is 3.97. The minimum Gasteiger partial charge on any atom is -0.450 e. The van der Waals surface area contributed by atoms with E-state index in [2.05, 4.69) is 32.9 Å². The predicted octanol–water partition coefficient (Wildman–Crippen LogP) is 6.76. The van der Waals surface area contributed by atoms with E-state index in [1.165, 1.54) is 5.56 Å². The van der Waals surface area contributed by atoms with E-state index < -0.39 is 6.04 Å². The van der Waals surface area contributed by atoms with Gasteiger partial charge in [0.25, 0.3) is 5.91 Å². The van der Waals surface area contributed by atoms with Crippen LogP contribution < -0.4 is 5.43 Å². The van der Waals surface area contributed by atoms with E-state index in [4.69, 9.17) is 4.42 Å². The quantitative estimate of drug-likeness (QED) is 0.336. The van der Waals surface area contributed by atoms with E-state index in [1.807, 2.05) is 69.3 Å². The van der Waals surface area contributed by atoms with Gasteiger partial charge in [0.15, 0.2) is 5.43 Å². The molecule has 3 aromatic carbocycles. The highest BCUT2D eigenvalue weighted by Crippen LogP contribution is 2.40. The second-order valence-electron chi connectivity index (χ2n) is 10.8. The Labute approximate surface area is 206 Å². The Morgan fingerprint density at radius 2 is 1.51 bits per heavy atom. The van der Waals surface area contributed by atoms with Crippen LogP contribution in [-0.4, -0.2) is 10.8 Å². The summed E-state index contributed by atoms with van der Waals surface area (Å²) in [6.07, 6.45) is 0. The molecule has 0 bridgehead atoms. The molecule has 4 nitrogen and oxygen atoms in total. The van der Waals surface area contributed by atoms with Crippen molar-refractivity contribution in [1.82, 2.24) is 4.90 Å². The van der Waals surface area contributed by atoms with Gasteiger partial charge >= 0.3 is 0 Å². The van der Waals surface area contributed by atoms with Crippen LogP contribution in [0.25, 0.3) is 11.0 Å². The molecule has 0 radical (unpaired) electrons. The number of fused-ring (bicyclic) bond motifs is 2. The van der Waals surface area contributed by atoms with Crippen LogP contribution >= 0.6 is 0 Å². The Hall–Kier alpha value is -3.66. The molecule has 0 saturated carbocycles. The number of nitrogens with zero attached hydrogens (tertiary/aromatic N) is 1. The molecule has 1 aliphatic rings. The lowest BCUT2D eigenvalue weighted by Gasteiger charge is -2.26. The van der Waals surface area contributed by atoms with Crippen LogP contribution in [0.15, 0.2) is 69.9 Å². The maximum Gasteiger partial charge on any atom is 0.291 e. The molecule has 0 spiro atoms. The summed E-state index contributed by atoms with van der Waals surface area (Å²) < 4.78 is 6.21. The maximum absolute atomic E-state index is 13.9. The van der Waals surface area contributed by atoms with Gasteiger partial charge in [-0.15, -0.1) is 0 Å². The monoisotopic (exact) mass is 465 g/mol. The summed E-state index contributed by atoms with van der Waals surface area (Å²) in [6.45, 7) is 12.8. The van der Waals surface area contributed by atoms with Gasteiger partial charge < -0.3 is 9.32 Å². The Morgan fingerprint density at radius 1 is 0.857 bits per heavy atom. The molecule has 4 aromatic rings. The van der Waals surface area contributed by atoms with Crippen LogP contribution in [0.1, 0.15) is 76.3 Å². The standard InChI is InChI=1S/C31H31NO3/c1-18-7-9-21(10-8-18)17-32-26(22-11-13-23(14-12-22)31(4,5)6)25-27(33)24-16-19(2)15-20(3)28(24)35-29(25)30(32)34/h7-16,26H,17H2,1-6H3. The molecule has 0 fully saturated rings. The van der Waals surface area contributed by atoms with Crippen molar-refractivity contribution < 1.29 is 9.21 Å². The first kappa shape index (κ1) is 23.1. The number of carbonyl (C=O) groups is 1. The van der Waals surface area contributed by atoms with Gasteiger partial charge in [0.05, 0.1) is 17.0 Å². The van der Waals surface area contributed by atoms with Gasteiger partial charge in [-0.25, -0.2) is 0 Å². The van der Waals surface area contributed by atoms with Gasteiger partial charge in [-0.1, -0.05) is 80.9 Å². The van der Waals surface area contributed by atoms with E-state index in [0.29, 0.717) is 23.1 Å². The van der Waals surface area contributed by atoms with Crippen molar-refractivity contribution in [3.05, 3.63) is 116 Å². The second kappa shape index (κ2) is 8.23. The molecule has 0 N–H and O–H groups in total. The van der Waals surface area contributed by atoms with Crippen molar-refractivity contribution in [1.29, 1.82) is 0 Å². The highest BCUT2D eigenvalue weighted by Gasteiger charge is 2.43. The van der Waals surface area contributed by atoms with Gasteiger partial charge in [-0.3, -0.25) is 9.59 Å². The molecule has 1 aromatic heterocycles. The van der Waals surface area contributed by atoms with Gasteiger partial charge in [-0.05, 0) is 60.1 Å². The summed E-state index contributed by atoms with van der Waals surface area (Å²) >= 11 is 0. The third-order valence-corrected chi connectivity index (χ3v) is 6.96. The Kier molecular flexibility index (Phi) is 5.43. The van der Waals surface area contributed by atoms with Crippen LogP contribution in [0.5, 0.6) is 0 Å². The summed E-state index contributed by atoms with van der Waals surface area (Å²) in [7, 11) is 0. The lowest BCUT2D eigenvalue weighted by molar-refractivity contribution is 0.0714. The lowest BCUT2D eigenvalue weighted by Crippen LogP contribution is -2.29. The molecule has 35 heavy (non-hydrogen) atoms. The number of carbonyl (C=O) groups excluding carboxylic acids is 1. The largest absolute Gasteiger partial charge is 0.450 e. The molecule has 4 heteroatoms. The first-order valence-electron chi connectivity index (χ1n) is 12.1. The molecular weight excluding hydrogens is 434 g/mol. The predicted molar refractivity (Wildman–Crippen MR) is 140 cm³/mol. The third-order valence-electron chi connectivity index (χ3n) is 6.96. The first-order chi connectivity index (χ1) is 16.5. The van der Waals surface area contributed by atoms with E-state index in [1.54, 1.807) is 4.90 Å². The molecule has 178 valence electrons. The molecule has 1 amide bonds. The average Bonchev–Trinajstić information content (AvgIpc) is 3.07. The van der Waals surface area contributed by atoms with Gasteiger partial charge in [-0.2, -0.15) is 0 Å². The zero-order chi connectivity index (χ0) is 25.1. The zero-order valence-corrected chi connectivity index (χ0v) is 21.2. The molecule has 0 saturated heterocycles. The Bertz CT molecular complexity index is 1500. The highest BCUT2D eigenvalue weighted by atomic mass is 16.3. The average molecular weight is 466 g/mol. The molecule has 5 rings (SSSR count). The zero-order valence-electron chi connectivity index (χ0n) is 21.2. The van der Waals surface area contributed by atoms with Crippen molar-refractivity contribution in [2.45, 2.75) is 59.5 Å². The van der Waals surface area contributed by atoms with E-state index in [-0.39, 0.29) is 22.5 Å². The SMILES string of the molecule is Cc1ccc(CN2C(=O)c3oc4c(C)cc(C)cc4c(=O)c3C2c2ccc(C(C)(C)C)cc2)cc1. The second-order valence-corrected chi connectivity index (χ2v) is 10.8. The fourth-order valence-electron chi connectivity index (χ4n) is 5.04. The van der Waals surface area contributed by atoms with Crippen molar-refractivity contribution in [2.24, 2.45) is 0 Å². The van der Waals surface area contributed by atoms with Crippen molar-refractivity contribution >= 4 is 16.9 Å². The molecule has 2 heterocycles. The van der Waals surface area contributed by atoms with Crippen LogP contribution in [-0.2, 0) is 12.0 Å². The Balaban J connectivity index is 1.72. The van der Waals surface area contributed by atoms with Crippen LogP contribution in [0.3, 0.4) is 0 Å². The first-order valence-corrected chi connectivity index (χ1v) is 12.1. The van der Waals surface area contributed by atoms with Crippen molar-refractivity contribution in [2.75, 3.05) is 0 Å². The summed E-state index contributed by atoms with van der Waals surface area (Å²) in [5.74, 6) is -0.0871. The fraction of sp³-hybridized carbons (Fsp3) is 0.290. The molecule has 1 unspecified atom stereocenters.